The number of hydrogen-bond donors (Lipinski definition) is 1. The molecule has 8 heteroatoms. The SMILES string of the molecule is Cc1oc(NC(=O)C(C)n2c(=O)cc(C)c3c(C)nn(-c4ccccc4)c32)c(C#N)c1C. The van der Waals surface area contributed by atoms with Crippen LogP contribution in [0.2, 0.25) is 0 Å². The Morgan fingerprint density at radius 3 is 2.53 bits per heavy atom. The van der Waals surface area contributed by atoms with Crippen LogP contribution >= 0.6 is 0 Å². The molecule has 0 aliphatic heterocycles. The summed E-state index contributed by atoms with van der Waals surface area (Å²) in [5.74, 6) is 0.168. The minimum Gasteiger partial charge on any atom is -0.444 e. The number of rotatable bonds is 4. The molecule has 0 saturated carbocycles. The zero-order valence-electron chi connectivity index (χ0n) is 18.6. The molecule has 4 aromatic rings. The van der Waals surface area contributed by atoms with E-state index < -0.39 is 11.9 Å². The largest absolute Gasteiger partial charge is 0.444 e. The second-order valence-corrected chi connectivity index (χ2v) is 7.83. The van der Waals surface area contributed by atoms with Crippen LogP contribution in [-0.4, -0.2) is 20.3 Å². The van der Waals surface area contributed by atoms with Gasteiger partial charge in [0.15, 0.2) is 0 Å². The lowest BCUT2D eigenvalue weighted by molar-refractivity contribution is -0.118. The molecule has 4 rings (SSSR count). The number of pyridine rings is 1. The monoisotopic (exact) mass is 429 g/mol. The average Bonchev–Trinajstić information content (AvgIpc) is 3.24. The van der Waals surface area contributed by atoms with Crippen LogP contribution in [0.1, 0.15) is 41.1 Å². The number of furan rings is 1. The van der Waals surface area contributed by atoms with Gasteiger partial charge >= 0.3 is 0 Å². The summed E-state index contributed by atoms with van der Waals surface area (Å²) in [7, 11) is 0. The Kier molecular flexibility index (Phi) is 5.18. The van der Waals surface area contributed by atoms with E-state index in [0.29, 0.717) is 17.0 Å². The number of amides is 1. The first-order valence-corrected chi connectivity index (χ1v) is 10.2. The normalized spacial score (nSPS) is 12.0. The number of aromatic nitrogens is 3. The number of carbonyl (C=O) groups excluding carboxylic acids is 1. The van der Waals surface area contributed by atoms with Gasteiger partial charge in [-0.05, 0) is 52.3 Å². The molecule has 0 aliphatic rings. The molecule has 3 heterocycles. The molecule has 0 bridgehead atoms. The zero-order valence-corrected chi connectivity index (χ0v) is 18.6. The van der Waals surface area contributed by atoms with Gasteiger partial charge in [-0.15, -0.1) is 0 Å². The fourth-order valence-corrected chi connectivity index (χ4v) is 3.94. The van der Waals surface area contributed by atoms with Crippen molar-refractivity contribution in [3.63, 3.8) is 0 Å². The summed E-state index contributed by atoms with van der Waals surface area (Å²) in [5, 5.41) is 17.6. The third-order valence-electron chi connectivity index (χ3n) is 5.74. The van der Waals surface area contributed by atoms with E-state index in [1.165, 1.54) is 10.6 Å². The van der Waals surface area contributed by atoms with Gasteiger partial charge in [0.2, 0.25) is 11.8 Å². The first-order valence-electron chi connectivity index (χ1n) is 10.2. The van der Waals surface area contributed by atoms with Crippen LogP contribution < -0.4 is 10.9 Å². The highest BCUT2D eigenvalue weighted by Crippen LogP contribution is 2.28. The lowest BCUT2D eigenvalue weighted by Gasteiger charge is -2.18. The van der Waals surface area contributed by atoms with Crippen molar-refractivity contribution < 1.29 is 9.21 Å². The second kappa shape index (κ2) is 7.85. The number of nitrogens with zero attached hydrogens (tertiary/aromatic N) is 4. The predicted molar refractivity (Wildman–Crippen MR) is 121 cm³/mol. The number of hydrogen-bond acceptors (Lipinski definition) is 5. The van der Waals surface area contributed by atoms with Crippen LogP contribution in [0.25, 0.3) is 16.7 Å². The van der Waals surface area contributed by atoms with Gasteiger partial charge in [0.25, 0.3) is 5.56 Å². The third kappa shape index (κ3) is 3.28. The van der Waals surface area contributed by atoms with Crippen molar-refractivity contribution in [3.8, 4) is 11.8 Å². The molecule has 0 saturated heterocycles. The summed E-state index contributed by atoms with van der Waals surface area (Å²) in [6.45, 7) is 8.85. The molecule has 32 heavy (non-hydrogen) atoms. The molecule has 1 aromatic carbocycles. The number of nitriles is 1. The molecule has 8 nitrogen and oxygen atoms in total. The summed E-state index contributed by atoms with van der Waals surface area (Å²) < 4.78 is 8.68. The summed E-state index contributed by atoms with van der Waals surface area (Å²) >= 11 is 0. The second-order valence-electron chi connectivity index (χ2n) is 7.83. The molecule has 0 aliphatic carbocycles. The number of aryl methyl sites for hydroxylation is 3. The molecule has 3 aromatic heterocycles. The minimum absolute atomic E-state index is 0.0866. The van der Waals surface area contributed by atoms with Crippen molar-refractivity contribution in [1.29, 1.82) is 5.26 Å². The Bertz CT molecular complexity index is 1450. The Morgan fingerprint density at radius 1 is 1.19 bits per heavy atom. The Hall–Kier alpha value is -4.12. The lowest BCUT2D eigenvalue weighted by Crippen LogP contribution is -2.32. The molecule has 1 unspecified atom stereocenters. The third-order valence-corrected chi connectivity index (χ3v) is 5.74. The fourth-order valence-electron chi connectivity index (χ4n) is 3.94. The number of fused-ring (bicyclic) bond motifs is 1. The van der Waals surface area contributed by atoms with Crippen LogP contribution in [0.4, 0.5) is 5.88 Å². The maximum absolute atomic E-state index is 13.2. The van der Waals surface area contributed by atoms with Gasteiger partial charge in [-0.3, -0.25) is 19.5 Å². The van der Waals surface area contributed by atoms with E-state index in [4.69, 9.17) is 4.42 Å². The smallest absolute Gasteiger partial charge is 0.253 e. The van der Waals surface area contributed by atoms with E-state index >= 15 is 0 Å². The molecular formula is C24H23N5O3. The van der Waals surface area contributed by atoms with Gasteiger partial charge in [-0.1, -0.05) is 18.2 Å². The maximum Gasteiger partial charge on any atom is 0.253 e. The van der Waals surface area contributed by atoms with E-state index in [1.54, 1.807) is 25.5 Å². The Morgan fingerprint density at radius 2 is 1.88 bits per heavy atom. The van der Waals surface area contributed by atoms with Gasteiger partial charge in [-0.2, -0.15) is 10.4 Å². The van der Waals surface area contributed by atoms with Crippen molar-refractivity contribution in [3.05, 3.63) is 74.9 Å². The highest BCUT2D eigenvalue weighted by Gasteiger charge is 2.26. The number of para-hydroxylation sites is 1. The van der Waals surface area contributed by atoms with E-state index in [0.717, 1.165) is 22.3 Å². The number of carbonyl (C=O) groups is 1. The van der Waals surface area contributed by atoms with Gasteiger partial charge in [-0.25, -0.2) is 4.68 Å². The van der Waals surface area contributed by atoms with Gasteiger partial charge in [0.1, 0.15) is 29.1 Å². The Labute approximate surface area is 184 Å². The topological polar surface area (TPSA) is 106 Å². The fraction of sp³-hybridized carbons (Fsp3) is 0.250. The molecule has 0 fully saturated rings. The summed E-state index contributed by atoms with van der Waals surface area (Å²) in [4.78, 5) is 26.3. The summed E-state index contributed by atoms with van der Waals surface area (Å²) in [5.41, 5.74) is 3.49. The quantitative estimate of drug-likeness (QED) is 0.526. The first kappa shape index (κ1) is 21.1. The van der Waals surface area contributed by atoms with Crippen molar-refractivity contribution in [2.75, 3.05) is 5.32 Å². The average molecular weight is 429 g/mol. The number of anilines is 1. The first-order chi connectivity index (χ1) is 15.2. The van der Waals surface area contributed by atoms with E-state index in [1.807, 2.05) is 44.2 Å². The molecular weight excluding hydrogens is 406 g/mol. The predicted octanol–water partition coefficient (Wildman–Crippen LogP) is 4.09. The highest BCUT2D eigenvalue weighted by molar-refractivity contribution is 5.95. The molecule has 0 radical (unpaired) electrons. The van der Waals surface area contributed by atoms with Crippen LogP contribution in [-0.2, 0) is 4.79 Å². The molecule has 0 spiro atoms. The lowest BCUT2D eigenvalue weighted by atomic mass is 10.1. The summed E-state index contributed by atoms with van der Waals surface area (Å²) in [6, 6.07) is 12.1. The van der Waals surface area contributed by atoms with Crippen molar-refractivity contribution >= 4 is 22.8 Å². The van der Waals surface area contributed by atoms with E-state index in [-0.39, 0.29) is 17.0 Å². The van der Waals surface area contributed by atoms with Crippen molar-refractivity contribution in [1.82, 2.24) is 14.3 Å². The van der Waals surface area contributed by atoms with Crippen LogP contribution in [0.3, 0.4) is 0 Å². The van der Waals surface area contributed by atoms with Crippen molar-refractivity contribution in [2.45, 2.75) is 40.7 Å². The van der Waals surface area contributed by atoms with E-state index in [2.05, 4.69) is 16.5 Å². The van der Waals surface area contributed by atoms with E-state index in [9.17, 15) is 14.9 Å². The summed E-state index contributed by atoms with van der Waals surface area (Å²) in [6.07, 6.45) is 0. The van der Waals surface area contributed by atoms with Crippen LogP contribution in [0.5, 0.6) is 0 Å². The minimum atomic E-state index is -0.888. The van der Waals surface area contributed by atoms with Gasteiger partial charge < -0.3 is 4.42 Å². The maximum atomic E-state index is 13.2. The van der Waals surface area contributed by atoms with Gasteiger partial charge in [0.05, 0.1) is 11.4 Å². The number of nitrogens with one attached hydrogen (secondary N) is 1. The number of benzene rings is 1. The standard InChI is InChI=1S/C24H23N5O3/c1-13-11-20(30)28(16(4)22(31)26-23-19(12-25)14(2)17(5)32-23)24-21(13)15(3)27-29(24)18-9-7-6-8-10-18/h6-11,16H,1-5H3,(H,26,31). The molecule has 1 amide bonds. The van der Waals surface area contributed by atoms with Gasteiger partial charge in [0, 0.05) is 17.0 Å². The van der Waals surface area contributed by atoms with Crippen molar-refractivity contribution in [2.24, 2.45) is 0 Å². The molecule has 162 valence electrons. The zero-order chi connectivity index (χ0) is 23.2. The molecule has 1 N–H and O–H groups in total. The van der Waals surface area contributed by atoms with Crippen LogP contribution in [0.15, 0.2) is 45.6 Å². The van der Waals surface area contributed by atoms with Crippen LogP contribution in [0, 0.1) is 39.0 Å². The molecule has 1 atom stereocenters. The highest BCUT2D eigenvalue weighted by atomic mass is 16.4. The Balaban J connectivity index is 1.87.